The highest BCUT2D eigenvalue weighted by Crippen LogP contribution is 2.28. The van der Waals surface area contributed by atoms with Gasteiger partial charge in [-0.1, -0.05) is 19.3 Å². The third kappa shape index (κ3) is 3.54. The van der Waals surface area contributed by atoms with Gasteiger partial charge >= 0.3 is 0 Å². The quantitative estimate of drug-likeness (QED) is 0.896. The van der Waals surface area contributed by atoms with E-state index in [1.165, 1.54) is 44.9 Å². The number of rotatable bonds is 5. The lowest BCUT2D eigenvalue weighted by Crippen LogP contribution is -2.27. The van der Waals surface area contributed by atoms with Crippen LogP contribution in [0.2, 0.25) is 0 Å². The molecule has 1 N–H and O–H groups in total. The van der Waals surface area contributed by atoms with Crippen molar-refractivity contribution in [1.82, 2.24) is 9.78 Å². The zero-order valence-corrected chi connectivity index (χ0v) is 12.6. The van der Waals surface area contributed by atoms with Crippen molar-refractivity contribution in [3.63, 3.8) is 0 Å². The van der Waals surface area contributed by atoms with E-state index in [1.807, 2.05) is 10.9 Å². The minimum Gasteiger partial charge on any atom is -0.380 e. The Labute approximate surface area is 121 Å². The summed E-state index contributed by atoms with van der Waals surface area (Å²) in [7, 11) is 0. The Balaban J connectivity index is 1.50. The van der Waals surface area contributed by atoms with Gasteiger partial charge in [-0.25, -0.2) is 0 Å². The fourth-order valence-corrected chi connectivity index (χ4v) is 3.55. The minimum atomic E-state index is 0.360. The molecule has 0 radical (unpaired) electrons. The maximum atomic E-state index is 5.66. The predicted molar refractivity (Wildman–Crippen MR) is 80.9 cm³/mol. The lowest BCUT2D eigenvalue weighted by atomic mass is 9.84. The largest absolute Gasteiger partial charge is 0.380 e. The Kier molecular flexibility index (Phi) is 4.61. The Bertz CT molecular complexity index is 406. The first-order valence-electron chi connectivity index (χ1n) is 8.22. The highest BCUT2D eigenvalue weighted by Gasteiger charge is 2.20. The molecule has 1 saturated carbocycles. The zero-order chi connectivity index (χ0) is 13.8. The summed E-state index contributed by atoms with van der Waals surface area (Å²) >= 11 is 0. The van der Waals surface area contributed by atoms with Crippen molar-refractivity contribution in [3.8, 4) is 0 Å². The average Bonchev–Trinajstić information content (AvgIpc) is 3.12. The average molecular weight is 277 g/mol. The number of anilines is 1. The SMILES string of the molecule is CC(Nc1cnn(CC2CCCO2)c1)C1CCCCC1. The van der Waals surface area contributed by atoms with E-state index in [4.69, 9.17) is 4.74 Å². The van der Waals surface area contributed by atoms with Crippen LogP contribution in [0.25, 0.3) is 0 Å². The number of nitrogens with zero attached hydrogens (tertiary/aromatic N) is 2. The topological polar surface area (TPSA) is 39.1 Å². The van der Waals surface area contributed by atoms with Gasteiger partial charge in [0.2, 0.25) is 0 Å². The van der Waals surface area contributed by atoms with Crippen LogP contribution < -0.4 is 5.32 Å². The molecule has 2 fully saturated rings. The maximum Gasteiger partial charge on any atom is 0.0771 e. The second-order valence-electron chi connectivity index (χ2n) is 6.42. The summed E-state index contributed by atoms with van der Waals surface area (Å²) in [5.74, 6) is 0.824. The first kappa shape index (κ1) is 13.9. The summed E-state index contributed by atoms with van der Waals surface area (Å²) in [5.41, 5.74) is 1.15. The van der Waals surface area contributed by atoms with Crippen LogP contribution in [0.15, 0.2) is 12.4 Å². The van der Waals surface area contributed by atoms with Crippen molar-refractivity contribution in [3.05, 3.63) is 12.4 Å². The van der Waals surface area contributed by atoms with Crippen molar-refractivity contribution >= 4 is 5.69 Å². The van der Waals surface area contributed by atoms with Gasteiger partial charge in [-0.3, -0.25) is 4.68 Å². The molecule has 112 valence electrons. The molecule has 1 aliphatic heterocycles. The van der Waals surface area contributed by atoms with Crippen molar-refractivity contribution in [1.29, 1.82) is 0 Å². The smallest absolute Gasteiger partial charge is 0.0771 e. The number of hydrogen-bond donors (Lipinski definition) is 1. The van der Waals surface area contributed by atoms with Crippen LogP contribution in [-0.2, 0) is 11.3 Å². The number of hydrogen-bond acceptors (Lipinski definition) is 3. The first-order chi connectivity index (χ1) is 9.81. The Morgan fingerprint density at radius 1 is 1.30 bits per heavy atom. The molecular weight excluding hydrogens is 250 g/mol. The Morgan fingerprint density at radius 2 is 2.15 bits per heavy atom. The number of nitrogens with one attached hydrogen (secondary N) is 1. The van der Waals surface area contributed by atoms with Crippen LogP contribution in [0.3, 0.4) is 0 Å². The van der Waals surface area contributed by atoms with Crippen molar-refractivity contribution in [2.24, 2.45) is 5.92 Å². The predicted octanol–water partition coefficient (Wildman–Crippen LogP) is 3.44. The highest BCUT2D eigenvalue weighted by atomic mass is 16.5. The van der Waals surface area contributed by atoms with Crippen LogP contribution in [-0.4, -0.2) is 28.5 Å². The first-order valence-corrected chi connectivity index (χ1v) is 8.22. The summed E-state index contributed by atoms with van der Waals surface area (Å²) in [6.45, 7) is 4.11. The molecule has 0 spiro atoms. The molecule has 1 saturated heterocycles. The van der Waals surface area contributed by atoms with Crippen molar-refractivity contribution in [2.75, 3.05) is 11.9 Å². The fraction of sp³-hybridized carbons (Fsp3) is 0.812. The van der Waals surface area contributed by atoms with E-state index in [2.05, 4.69) is 23.5 Å². The lowest BCUT2D eigenvalue weighted by Gasteiger charge is -2.28. The molecule has 0 bridgehead atoms. The van der Waals surface area contributed by atoms with Gasteiger partial charge in [-0.2, -0.15) is 5.10 Å². The van der Waals surface area contributed by atoms with Crippen LogP contribution in [0, 0.1) is 5.92 Å². The van der Waals surface area contributed by atoms with Crippen LogP contribution in [0.1, 0.15) is 51.9 Å². The fourth-order valence-electron chi connectivity index (χ4n) is 3.55. The monoisotopic (exact) mass is 277 g/mol. The van der Waals surface area contributed by atoms with Gasteiger partial charge < -0.3 is 10.1 Å². The van der Waals surface area contributed by atoms with Gasteiger partial charge in [-0.15, -0.1) is 0 Å². The normalized spacial score (nSPS) is 25.8. The van der Waals surface area contributed by atoms with Gasteiger partial charge in [0.25, 0.3) is 0 Å². The Morgan fingerprint density at radius 3 is 2.90 bits per heavy atom. The molecule has 4 nitrogen and oxygen atoms in total. The van der Waals surface area contributed by atoms with Crippen LogP contribution >= 0.6 is 0 Å². The van der Waals surface area contributed by atoms with E-state index in [-0.39, 0.29) is 0 Å². The van der Waals surface area contributed by atoms with E-state index in [9.17, 15) is 0 Å². The molecule has 20 heavy (non-hydrogen) atoms. The van der Waals surface area contributed by atoms with Crippen LogP contribution in [0.5, 0.6) is 0 Å². The third-order valence-electron chi connectivity index (χ3n) is 4.80. The molecule has 2 atom stereocenters. The molecule has 1 aliphatic carbocycles. The Hall–Kier alpha value is -1.03. The van der Waals surface area contributed by atoms with Gasteiger partial charge in [0, 0.05) is 18.8 Å². The van der Waals surface area contributed by atoms with E-state index in [0.29, 0.717) is 12.1 Å². The van der Waals surface area contributed by atoms with E-state index < -0.39 is 0 Å². The summed E-state index contributed by atoms with van der Waals surface area (Å²) in [5, 5.41) is 8.08. The minimum absolute atomic E-state index is 0.360. The second kappa shape index (κ2) is 6.61. The molecule has 0 amide bonds. The molecule has 3 rings (SSSR count). The maximum absolute atomic E-state index is 5.66. The molecule has 1 aromatic heterocycles. The summed E-state index contributed by atoms with van der Waals surface area (Å²) in [6, 6.07) is 0.552. The van der Waals surface area contributed by atoms with Gasteiger partial charge in [-0.05, 0) is 38.5 Å². The van der Waals surface area contributed by atoms with Gasteiger partial charge in [0.05, 0.1) is 24.5 Å². The third-order valence-corrected chi connectivity index (χ3v) is 4.80. The summed E-state index contributed by atoms with van der Waals surface area (Å²) in [6.07, 6.45) is 13.8. The van der Waals surface area contributed by atoms with Crippen molar-refractivity contribution in [2.45, 2.75) is 70.6 Å². The molecule has 4 heteroatoms. The highest BCUT2D eigenvalue weighted by molar-refractivity contribution is 5.39. The molecule has 0 aromatic carbocycles. The molecule has 2 heterocycles. The molecular formula is C16H27N3O. The molecule has 1 aromatic rings. The standard InChI is InChI=1S/C16H27N3O/c1-13(14-6-3-2-4-7-14)18-15-10-17-19(11-15)12-16-8-5-9-20-16/h10-11,13-14,16,18H,2-9,12H2,1H3. The van der Waals surface area contributed by atoms with Gasteiger partial charge in [0.15, 0.2) is 0 Å². The summed E-state index contributed by atoms with van der Waals surface area (Å²) in [4.78, 5) is 0. The molecule has 2 unspecified atom stereocenters. The van der Waals surface area contributed by atoms with E-state index in [0.717, 1.165) is 24.8 Å². The number of aromatic nitrogens is 2. The zero-order valence-electron chi connectivity index (χ0n) is 12.6. The van der Waals surface area contributed by atoms with E-state index in [1.54, 1.807) is 0 Å². The van der Waals surface area contributed by atoms with Crippen molar-refractivity contribution < 1.29 is 4.74 Å². The van der Waals surface area contributed by atoms with Crippen LogP contribution in [0.4, 0.5) is 5.69 Å². The number of ether oxygens (including phenoxy) is 1. The van der Waals surface area contributed by atoms with E-state index >= 15 is 0 Å². The summed E-state index contributed by atoms with van der Waals surface area (Å²) < 4.78 is 7.68. The second-order valence-corrected chi connectivity index (χ2v) is 6.42. The molecule has 2 aliphatic rings. The van der Waals surface area contributed by atoms with Gasteiger partial charge in [0.1, 0.15) is 0 Å². The lowest BCUT2D eigenvalue weighted by molar-refractivity contribution is 0.0940.